The Morgan fingerprint density at radius 2 is 2.03 bits per heavy atom. The summed E-state index contributed by atoms with van der Waals surface area (Å²) >= 11 is 0. The number of hydrogen-bond donors (Lipinski definition) is 2. The first-order valence-electron chi connectivity index (χ1n) is 9.25. The third-order valence-corrected chi connectivity index (χ3v) is 4.91. The molecule has 2 aromatic heterocycles. The second-order valence-corrected chi connectivity index (χ2v) is 7.07. The molecule has 152 valence electrons. The molecule has 3 rings (SSSR count). The van der Waals surface area contributed by atoms with Crippen molar-refractivity contribution in [3.8, 4) is 5.88 Å². The number of piperidine rings is 1. The number of ether oxygens (including phenoxy) is 1. The molecule has 9 nitrogen and oxygen atoms in total. The van der Waals surface area contributed by atoms with E-state index >= 15 is 0 Å². The number of carbonyl (C=O) groups excluding carboxylic acids is 3. The van der Waals surface area contributed by atoms with Gasteiger partial charge in [-0.2, -0.15) is 0 Å². The van der Waals surface area contributed by atoms with Crippen LogP contribution >= 0.6 is 0 Å². The SMILES string of the molecule is COc1cc(C2CCC(C)CN2C(=O)C(=O)Nc2cncc(C(N)=O)c2)ccn1. The number of likely N-dealkylation sites (tertiary alicyclic amines) is 1. The smallest absolute Gasteiger partial charge is 0.313 e. The molecule has 1 aliphatic heterocycles. The number of amides is 3. The normalized spacial score (nSPS) is 18.8. The Hall–Kier alpha value is -3.49. The fraction of sp³-hybridized carbons (Fsp3) is 0.350. The number of hydrogen-bond acceptors (Lipinski definition) is 6. The predicted octanol–water partition coefficient (Wildman–Crippen LogP) is 1.52. The van der Waals surface area contributed by atoms with Crippen molar-refractivity contribution in [2.45, 2.75) is 25.8 Å². The second kappa shape index (κ2) is 8.68. The number of carbonyl (C=O) groups is 3. The highest BCUT2D eigenvalue weighted by Crippen LogP contribution is 2.34. The van der Waals surface area contributed by atoms with Crippen LogP contribution in [0.4, 0.5) is 5.69 Å². The number of nitrogens with zero attached hydrogens (tertiary/aromatic N) is 3. The van der Waals surface area contributed by atoms with Gasteiger partial charge >= 0.3 is 11.8 Å². The van der Waals surface area contributed by atoms with Gasteiger partial charge in [0.2, 0.25) is 11.8 Å². The molecular weight excluding hydrogens is 374 g/mol. The van der Waals surface area contributed by atoms with E-state index in [4.69, 9.17) is 10.5 Å². The van der Waals surface area contributed by atoms with Crippen LogP contribution in [0.3, 0.4) is 0 Å². The number of nitrogens with one attached hydrogen (secondary N) is 1. The first-order valence-corrected chi connectivity index (χ1v) is 9.25. The molecule has 1 saturated heterocycles. The first kappa shape index (κ1) is 20.2. The lowest BCUT2D eigenvalue weighted by atomic mass is 9.90. The van der Waals surface area contributed by atoms with Crippen molar-refractivity contribution in [3.05, 3.63) is 47.9 Å². The Bertz CT molecular complexity index is 933. The zero-order chi connectivity index (χ0) is 21.0. The largest absolute Gasteiger partial charge is 0.481 e. The van der Waals surface area contributed by atoms with Gasteiger partial charge < -0.3 is 20.7 Å². The maximum atomic E-state index is 13.0. The lowest BCUT2D eigenvalue weighted by molar-refractivity contribution is -0.146. The van der Waals surface area contributed by atoms with E-state index in [1.165, 1.54) is 25.6 Å². The summed E-state index contributed by atoms with van der Waals surface area (Å²) in [6.45, 7) is 2.50. The highest BCUT2D eigenvalue weighted by molar-refractivity contribution is 6.39. The highest BCUT2D eigenvalue weighted by Gasteiger charge is 2.34. The molecule has 1 fully saturated rings. The first-order chi connectivity index (χ1) is 13.9. The van der Waals surface area contributed by atoms with E-state index < -0.39 is 17.7 Å². The van der Waals surface area contributed by atoms with Gasteiger partial charge in [0.1, 0.15) is 0 Å². The summed E-state index contributed by atoms with van der Waals surface area (Å²) in [5, 5.41) is 2.51. The fourth-order valence-electron chi connectivity index (χ4n) is 3.43. The van der Waals surface area contributed by atoms with Crippen LogP contribution < -0.4 is 15.8 Å². The third-order valence-electron chi connectivity index (χ3n) is 4.91. The number of methoxy groups -OCH3 is 1. The van der Waals surface area contributed by atoms with Crippen LogP contribution in [-0.4, -0.2) is 46.2 Å². The molecule has 1 aliphatic rings. The average Bonchev–Trinajstić information content (AvgIpc) is 2.73. The molecule has 0 radical (unpaired) electrons. The molecule has 3 amide bonds. The topological polar surface area (TPSA) is 128 Å². The summed E-state index contributed by atoms with van der Waals surface area (Å²) in [4.78, 5) is 46.4. The van der Waals surface area contributed by atoms with Gasteiger partial charge in [0, 0.05) is 25.0 Å². The zero-order valence-electron chi connectivity index (χ0n) is 16.3. The minimum Gasteiger partial charge on any atom is -0.481 e. The molecule has 2 atom stereocenters. The molecule has 0 bridgehead atoms. The van der Waals surface area contributed by atoms with Gasteiger partial charge in [-0.05, 0) is 36.5 Å². The minimum absolute atomic E-state index is 0.142. The molecule has 2 unspecified atom stereocenters. The lowest BCUT2D eigenvalue weighted by Gasteiger charge is -2.38. The van der Waals surface area contributed by atoms with Gasteiger partial charge in [0.05, 0.1) is 30.6 Å². The van der Waals surface area contributed by atoms with E-state index in [2.05, 4.69) is 15.3 Å². The van der Waals surface area contributed by atoms with Crippen LogP contribution in [0.2, 0.25) is 0 Å². The Morgan fingerprint density at radius 1 is 1.24 bits per heavy atom. The molecule has 2 aromatic rings. The predicted molar refractivity (Wildman–Crippen MR) is 105 cm³/mol. The zero-order valence-corrected chi connectivity index (χ0v) is 16.3. The molecule has 3 N–H and O–H groups in total. The number of rotatable bonds is 4. The van der Waals surface area contributed by atoms with Crippen molar-refractivity contribution in [1.29, 1.82) is 0 Å². The van der Waals surface area contributed by atoms with Gasteiger partial charge in [-0.1, -0.05) is 6.92 Å². The number of primary amides is 1. The van der Waals surface area contributed by atoms with E-state index in [9.17, 15) is 14.4 Å². The second-order valence-electron chi connectivity index (χ2n) is 7.07. The molecule has 0 aliphatic carbocycles. The highest BCUT2D eigenvalue weighted by atomic mass is 16.5. The average molecular weight is 397 g/mol. The molecule has 29 heavy (non-hydrogen) atoms. The van der Waals surface area contributed by atoms with Gasteiger partial charge in [-0.15, -0.1) is 0 Å². The van der Waals surface area contributed by atoms with E-state index in [-0.39, 0.29) is 23.2 Å². The summed E-state index contributed by atoms with van der Waals surface area (Å²) in [5.41, 5.74) is 6.46. The molecule has 9 heteroatoms. The van der Waals surface area contributed by atoms with Crippen molar-refractivity contribution < 1.29 is 19.1 Å². The van der Waals surface area contributed by atoms with Crippen molar-refractivity contribution in [2.75, 3.05) is 19.0 Å². The minimum atomic E-state index is -0.798. The number of aromatic nitrogens is 2. The molecule has 0 aromatic carbocycles. The van der Waals surface area contributed by atoms with Crippen molar-refractivity contribution >= 4 is 23.4 Å². The van der Waals surface area contributed by atoms with Gasteiger partial charge in [-0.25, -0.2) is 4.98 Å². The van der Waals surface area contributed by atoms with Gasteiger partial charge in [0.15, 0.2) is 0 Å². The van der Waals surface area contributed by atoms with Gasteiger partial charge in [0.25, 0.3) is 0 Å². The number of pyridine rings is 2. The fourth-order valence-corrected chi connectivity index (χ4v) is 3.43. The molecule has 3 heterocycles. The summed E-state index contributed by atoms with van der Waals surface area (Å²) in [5.74, 6) is -1.40. The van der Waals surface area contributed by atoms with Crippen LogP contribution in [0.15, 0.2) is 36.8 Å². The van der Waals surface area contributed by atoms with Crippen LogP contribution in [0.1, 0.15) is 41.7 Å². The number of nitrogens with two attached hydrogens (primary N) is 1. The Balaban J connectivity index is 1.81. The van der Waals surface area contributed by atoms with E-state index in [1.54, 1.807) is 17.2 Å². The Kier molecular flexibility index (Phi) is 6.06. The maximum absolute atomic E-state index is 13.0. The third kappa shape index (κ3) is 4.68. The van der Waals surface area contributed by atoms with Crippen LogP contribution in [0.25, 0.3) is 0 Å². The van der Waals surface area contributed by atoms with Crippen molar-refractivity contribution in [2.24, 2.45) is 11.7 Å². The summed E-state index contributed by atoms with van der Waals surface area (Å²) in [6.07, 6.45) is 5.92. The van der Waals surface area contributed by atoms with E-state index in [0.29, 0.717) is 12.4 Å². The molecule has 0 spiro atoms. The van der Waals surface area contributed by atoms with Crippen molar-refractivity contribution in [1.82, 2.24) is 14.9 Å². The summed E-state index contributed by atoms with van der Waals surface area (Å²) in [7, 11) is 1.53. The molecular formula is C20H23N5O4. The summed E-state index contributed by atoms with van der Waals surface area (Å²) in [6, 6.07) is 4.72. The maximum Gasteiger partial charge on any atom is 0.313 e. The van der Waals surface area contributed by atoms with E-state index in [1.807, 2.05) is 13.0 Å². The van der Waals surface area contributed by atoms with Gasteiger partial charge in [-0.3, -0.25) is 19.4 Å². The van der Waals surface area contributed by atoms with Crippen LogP contribution in [-0.2, 0) is 9.59 Å². The standard InChI is InChI=1S/C20H23N5O4/c1-12-3-4-16(13-5-6-23-17(8-13)29-2)25(11-12)20(28)19(27)24-15-7-14(18(21)26)9-22-10-15/h5-10,12,16H,3-4,11H2,1-2H3,(H2,21,26)(H,24,27). The van der Waals surface area contributed by atoms with Crippen LogP contribution in [0.5, 0.6) is 5.88 Å². The Morgan fingerprint density at radius 3 is 2.76 bits per heavy atom. The monoisotopic (exact) mass is 397 g/mol. The van der Waals surface area contributed by atoms with Crippen molar-refractivity contribution in [3.63, 3.8) is 0 Å². The molecule has 0 saturated carbocycles. The van der Waals surface area contributed by atoms with E-state index in [0.717, 1.165) is 18.4 Å². The number of anilines is 1. The lowest BCUT2D eigenvalue weighted by Crippen LogP contribution is -2.46. The Labute approximate surface area is 168 Å². The quantitative estimate of drug-likeness (QED) is 0.753. The van der Waals surface area contributed by atoms with Crippen LogP contribution in [0, 0.1) is 5.92 Å². The summed E-state index contributed by atoms with van der Waals surface area (Å²) < 4.78 is 5.18.